The number of rotatable bonds is 2. The van der Waals surface area contributed by atoms with Crippen molar-refractivity contribution >= 4 is 32.9 Å². The van der Waals surface area contributed by atoms with E-state index < -0.39 is 0 Å². The Bertz CT molecular complexity index is 659. The van der Waals surface area contributed by atoms with Crippen LogP contribution in [-0.4, -0.2) is 14.7 Å². The number of imidazole rings is 1. The molecule has 0 atom stereocenters. The summed E-state index contributed by atoms with van der Waals surface area (Å²) in [4.78, 5) is 4.30. The fourth-order valence-electron chi connectivity index (χ4n) is 1.77. The highest BCUT2D eigenvalue weighted by atomic mass is 79.9. The molecule has 86 valence electrons. The first-order valence-electron chi connectivity index (χ1n) is 5.05. The Morgan fingerprint density at radius 2 is 2.24 bits per heavy atom. The molecular weight excluding hydrogens is 284 g/mol. The average molecular weight is 293 g/mol. The standard InChI is InChI=1S/C11H9BrN4O/c12-7-1-2-10-9(5-7)15-11(13)16(10)6-8-3-4-14-17-8/h1-5H,6H2,(H2,13,15). The molecule has 0 spiro atoms. The molecule has 0 amide bonds. The molecule has 0 aliphatic rings. The Hall–Kier alpha value is -1.82. The third-order valence-electron chi connectivity index (χ3n) is 2.55. The maximum atomic E-state index is 5.89. The highest BCUT2D eigenvalue weighted by molar-refractivity contribution is 9.10. The molecule has 0 unspecified atom stereocenters. The lowest BCUT2D eigenvalue weighted by Gasteiger charge is -2.02. The molecule has 3 aromatic rings. The maximum absolute atomic E-state index is 5.89. The van der Waals surface area contributed by atoms with Crippen molar-refractivity contribution in [1.82, 2.24) is 14.7 Å². The topological polar surface area (TPSA) is 69.9 Å². The van der Waals surface area contributed by atoms with Gasteiger partial charge < -0.3 is 14.8 Å². The van der Waals surface area contributed by atoms with E-state index in [9.17, 15) is 0 Å². The van der Waals surface area contributed by atoms with Gasteiger partial charge in [0.2, 0.25) is 5.95 Å². The van der Waals surface area contributed by atoms with E-state index in [4.69, 9.17) is 10.3 Å². The van der Waals surface area contributed by atoms with Gasteiger partial charge in [0.1, 0.15) is 0 Å². The molecule has 2 N–H and O–H groups in total. The highest BCUT2D eigenvalue weighted by Crippen LogP contribution is 2.22. The lowest BCUT2D eigenvalue weighted by Crippen LogP contribution is -2.03. The molecule has 3 rings (SSSR count). The van der Waals surface area contributed by atoms with Crippen molar-refractivity contribution in [3.63, 3.8) is 0 Å². The summed E-state index contributed by atoms with van der Waals surface area (Å²) in [5.41, 5.74) is 7.73. The van der Waals surface area contributed by atoms with Gasteiger partial charge in [-0.15, -0.1) is 0 Å². The first-order valence-corrected chi connectivity index (χ1v) is 5.84. The second-order valence-electron chi connectivity index (χ2n) is 3.67. The Kier molecular flexibility index (Phi) is 2.36. The van der Waals surface area contributed by atoms with Gasteiger partial charge in [0.15, 0.2) is 5.76 Å². The molecule has 2 aromatic heterocycles. The number of nitrogen functional groups attached to an aromatic ring is 1. The zero-order valence-corrected chi connectivity index (χ0v) is 10.4. The first-order chi connectivity index (χ1) is 8.24. The molecule has 0 aliphatic heterocycles. The van der Waals surface area contributed by atoms with E-state index >= 15 is 0 Å². The quantitative estimate of drug-likeness (QED) is 0.787. The van der Waals surface area contributed by atoms with E-state index in [0.29, 0.717) is 12.5 Å². The largest absolute Gasteiger partial charge is 0.369 e. The van der Waals surface area contributed by atoms with Crippen LogP contribution in [0.4, 0.5) is 5.95 Å². The molecule has 17 heavy (non-hydrogen) atoms. The number of benzene rings is 1. The molecule has 0 aliphatic carbocycles. The van der Waals surface area contributed by atoms with Gasteiger partial charge in [0.25, 0.3) is 0 Å². The van der Waals surface area contributed by atoms with Crippen LogP contribution in [0.2, 0.25) is 0 Å². The molecule has 0 saturated carbocycles. The van der Waals surface area contributed by atoms with Crippen LogP contribution < -0.4 is 5.73 Å². The Balaban J connectivity index is 2.12. The molecule has 0 saturated heterocycles. The van der Waals surface area contributed by atoms with Crippen LogP contribution in [0, 0.1) is 0 Å². The average Bonchev–Trinajstić information content (AvgIpc) is 2.88. The summed E-state index contributed by atoms with van der Waals surface area (Å²) >= 11 is 3.41. The summed E-state index contributed by atoms with van der Waals surface area (Å²) in [5, 5.41) is 3.67. The van der Waals surface area contributed by atoms with Gasteiger partial charge in [-0.25, -0.2) is 4.98 Å². The van der Waals surface area contributed by atoms with Crippen molar-refractivity contribution in [3.05, 3.63) is 40.7 Å². The summed E-state index contributed by atoms with van der Waals surface area (Å²) in [7, 11) is 0. The second kappa shape index (κ2) is 3.89. The van der Waals surface area contributed by atoms with Crippen molar-refractivity contribution < 1.29 is 4.52 Å². The third-order valence-corrected chi connectivity index (χ3v) is 3.04. The molecular formula is C11H9BrN4O. The lowest BCUT2D eigenvalue weighted by molar-refractivity contribution is 0.378. The number of aromatic nitrogens is 3. The monoisotopic (exact) mass is 292 g/mol. The Labute approximate surface area is 105 Å². The minimum atomic E-state index is 0.467. The minimum absolute atomic E-state index is 0.467. The fourth-order valence-corrected chi connectivity index (χ4v) is 2.12. The van der Waals surface area contributed by atoms with Gasteiger partial charge in [-0.3, -0.25) is 0 Å². The van der Waals surface area contributed by atoms with E-state index in [1.165, 1.54) is 0 Å². The van der Waals surface area contributed by atoms with Crippen molar-refractivity contribution in [3.8, 4) is 0 Å². The van der Waals surface area contributed by atoms with Crippen LogP contribution >= 0.6 is 15.9 Å². The zero-order chi connectivity index (χ0) is 11.8. The fraction of sp³-hybridized carbons (Fsp3) is 0.0909. The maximum Gasteiger partial charge on any atom is 0.201 e. The van der Waals surface area contributed by atoms with Gasteiger partial charge >= 0.3 is 0 Å². The molecule has 6 heteroatoms. The number of hydrogen-bond donors (Lipinski definition) is 1. The minimum Gasteiger partial charge on any atom is -0.369 e. The van der Waals surface area contributed by atoms with Gasteiger partial charge in [-0.05, 0) is 18.2 Å². The number of anilines is 1. The number of hydrogen-bond acceptors (Lipinski definition) is 4. The Morgan fingerprint density at radius 1 is 1.35 bits per heavy atom. The van der Waals surface area contributed by atoms with Crippen LogP contribution in [-0.2, 0) is 6.54 Å². The summed E-state index contributed by atoms with van der Waals surface area (Å²) in [6, 6.07) is 7.67. The van der Waals surface area contributed by atoms with Crippen LogP contribution in [0.1, 0.15) is 5.76 Å². The number of halogens is 1. The van der Waals surface area contributed by atoms with Gasteiger partial charge in [-0.1, -0.05) is 21.1 Å². The third kappa shape index (κ3) is 1.80. The number of nitrogens with zero attached hydrogens (tertiary/aromatic N) is 3. The number of nitrogens with two attached hydrogens (primary N) is 1. The van der Waals surface area contributed by atoms with Crippen molar-refractivity contribution in [2.75, 3.05) is 5.73 Å². The Morgan fingerprint density at radius 3 is 3.00 bits per heavy atom. The SMILES string of the molecule is Nc1nc2cc(Br)ccc2n1Cc1ccno1. The highest BCUT2D eigenvalue weighted by Gasteiger charge is 2.10. The van der Waals surface area contributed by atoms with Crippen LogP contribution in [0.5, 0.6) is 0 Å². The normalized spacial score (nSPS) is 11.1. The van der Waals surface area contributed by atoms with E-state index in [-0.39, 0.29) is 0 Å². The molecule has 0 fully saturated rings. The molecule has 2 heterocycles. The van der Waals surface area contributed by atoms with Crippen molar-refractivity contribution in [1.29, 1.82) is 0 Å². The first kappa shape index (κ1) is 10.3. The van der Waals surface area contributed by atoms with Crippen molar-refractivity contribution in [2.24, 2.45) is 0 Å². The smallest absolute Gasteiger partial charge is 0.201 e. The van der Waals surface area contributed by atoms with E-state index in [1.807, 2.05) is 28.8 Å². The zero-order valence-electron chi connectivity index (χ0n) is 8.80. The molecule has 1 aromatic carbocycles. The summed E-state index contributed by atoms with van der Waals surface area (Å²) < 4.78 is 7.94. The lowest BCUT2D eigenvalue weighted by atomic mass is 10.3. The molecule has 0 radical (unpaired) electrons. The van der Waals surface area contributed by atoms with Gasteiger partial charge in [0, 0.05) is 10.5 Å². The molecule has 5 nitrogen and oxygen atoms in total. The summed E-state index contributed by atoms with van der Waals surface area (Å²) in [6.45, 7) is 0.532. The van der Waals surface area contributed by atoms with Crippen molar-refractivity contribution in [2.45, 2.75) is 6.54 Å². The van der Waals surface area contributed by atoms with Gasteiger partial charge in [0.05, 0.1) is 23.8 Å². The summed E-state index contributed by atoms with van der Waals surface area (Å²) in [6.07, 6.45) is 1.61. The number of fused-ring (bicyclic) bond motifs is 1. The van der Waals surface area contributed by atoms with Gasteiger partial charge in [-0.2, -0.15) is 0 Å². The van der Waals surface area contributed by atoms with Crippen LogP contribution in [0.15, 0.2) is 39.5 Å². The summed E-state index contributed by atoms with van der Waals surface area (Å²) in [5.74, 6) is 1.22. The van der Waals surface area contributed by atoms with E-state index in [1.54, 1.807) is 6.20 Å². The predicted octanol–water partition coefficient (Wildman–Crippen LogP) is 2.42. The van der Waals surface area contributed by atoms with Crippen LogP contribution in [0.3, 0.4) is 0 Å². The van der Waals surface area contributed by atoms with E-state index in [2.05, 4.69) is 26.1 Å². The van der Waals surface area contributed by atoms with E-state index in [0.717, 1.165) is 21.3 Å². The van der Waals surface area contributed by atoms with Crippen LogP contribution in [0.25, 0.3) is 11.0 Å². The predicted molar refractivity (Wildman–Crippen MR) is 67.5 cm³/mol. The molecule has 0 bridgehead atoms. The second-order valence-corrected chi connectivity index (χ2v) is 4.58.